The molecular formula is C19H19NO5. The van der Waals surface area contributed by atoms with Crippen LogP contribution in [-0.2, 0) is 6.42 Å². The van der Waals surface area contributed by atoms with Crippen molar-refractivity contribution >= 4 is 5.78 Å². The third-order valence-corrected chi connectivity index (χ3v) is 4.28. The van der Waals surface area contributed by atoms with Crippen molar-refractivity contribution in [3.05, 3.63) is 47.5 Å². The van der Waals surface area contributed by atoms with Crippen molar-refractivity contribution in [2.75, 3.05) is 20.1 Å². The van der Waals surface area contributed by atoms with E-state index >= 15 is 0 Å². The molecule has 0 aliphatic carbocycles. The number of rotatable bonds is 6. The smallest absolute Gasteiger partial charge is 0.231 e. The number of Topliss-reactive ketones (excluding diaryl/α,β-unsaturated/α-hetero) is 1. The molecule has 0 bridgehead atoms. The van der Waals surface area contributed by atoms with Crippen LogP contribution in [0.2, 0.25) is 0 Å². The zero-order chi connectivity index (χ0) is 17.2. The van der Waals surface area contributed by atoms with Crippen LogP contribution in [0.5, 0.6) is 23.0 Å². The van der Waals surface area contributed by atoms with Crippen LogP contribution in [0.1, 0.15) is 22.8 Å². The first-order valence-electron chi connectivity index (χ1n) is 8.24. The first kappa shape index (κ1) is 15.8. The standard InChI is InChI=1S/C19H19NO5/c1-12(6-13-2-4-16-18(7-13)24-10-22-16)20-9-15(21)14-3-5-17-19(8-14)25-11-23-17/h2-5,7-8,12,20H,6,9-11H2,1H3. The molecule has 6 nitrogen and oxygen atoms in total. The van der Waals surface area contributed by atoms with Gasteiger partial charge in [0.25, 0.3) is 0 Å². The van der Waals surface area contributed by atoms with Gasteiger partial charge in [0.05, 0.1) is 6.54 Å². The number of nitrogens with one attached hydrogen (secondary N) is 1. The van der Waals surface area contributed by atoms with Gasteiger partial charge in [-0.15, -0.1) is 0 Å². The molecule has 1 unspecified atom stereocenters. The molecule has 0 spiro atoms. The molecule has 0 saturated carbocycles. The summed E-state index contributed by atoms with van der Waals surface area (Å²) in [4.78, 5) is 12.4. The summed E-state index contributed by atoms with van der Waals surface area (Å²) in [6.07, 6.45) is 0.797. The summed E-state index contributed by atoms with van der Waals surface area (Å²) in [7, 11) is 0. The van der Waals surface area contributed by atoms with Gasteiger partial charge in [0.15, 0.2) is 28.8 Å². The second-order valence-electron chi connectivity index (χ2n) is 6.16. The lowest BCUT2D eigenvalue weighted by Gasteiger charge is -2.14. The van der Waals surface area contributed by atoms with Crippen molar-refractivity contribution in [2.45, 2.75) is 19.4 Å². The molecule has 1 N–H and O–H groups in total. The predicted octanol–water partition coefficient (Wildman–Crippen LogP) is 2.55. The Morgan fingerprint density at radius 1 is 0.960 bits per heavy atom. The Kier molecular flexibility index (Phi) is 4.19. The van der Waals surface area contributed by atoms with E-state index in [0.29, 0.717) is 17.1 Å². The van der Waals surface area contributed by atoms with Crippen LogP contribution >= 0.6 is 0 Å². The van der Waals surface area contributed by atoms with E-state index < -0.39 is 0 Å². The Morgan fingerprint density at radius 3 is 2.36 bits per heavy atom. The summed E-state index contributed by atoms with van der Waals surface area (Å²) in [5.74, 6) is 2.89. The van der Waals surface area contributed by atoms with E-state index in [4.69, 9.17) is 18.9 Å². The Bertz CT molecular complexity index is 804. The van der Waals surface area contributed by atoms with Gasteiger partial charge in [0.1, 0.15) is 0 Å². The largest absolute Gasteiger partial charge is 0.454 e. The number of ether oxygens (including phenoxy) is 4. The maximum atomic E-state index is 12.4. The van der Waals surface area contributed by atoms with Crippen LogP contribution in [-0.4, -0.2) is 32.0 Å². The van der Waals surface area contributed by atoms with Crippen LogP contribution in [0.25, 0.3) is 0 Å². The highest BCUT2D eigenvalue weighted by atomic mass is 16.7. The monoisotopic (exact) mass is 341 g/mol. The Morgan fingerprint density at radius 2 is 1.60 bits per heavy atom. The lowest BCUT2D eigenvalue weighted by atomic mass is 10.1. The van der Waals surface area contributed by atoms with E-state index in [2.05, 4.69) is 12.2 Å². The van der Waals surface area contributed by atoms with Crippen molar-refractivity contribution < 1.29 is 23.7 Å². The topological polar surface area (TPSA) is 66.0 Å². The number of benzene rings is 2. The van der Waals surface area contributed by atoms with Crippen molar-refractivity contribution in [1.82, 2.24) is 5.32 Å². The van der Waals surface area contributed by atoms with E-state index in [0.717, 1.165) is 23.5 Å². The first-order chi connectivity index (χ1) is 12.2. The van der Waals surface area contributed by atoms with Crippen LogP contribution in [0.4, 0.5) is 0 Å². The fraction of sp³-hybridized carbons (Fsp3) is 0.316. The van der Waals surface area contributed by atoms with Gasteiger partial charge in [0.2, 0.25) is 13.6 Å². The molecule has 25 heavy (non-hydrogen) atoms. The summed E-state index contributed by atoms with van der Waals surface area (Å²) in [5, 5.41) is 3.27. The summed E-state index contributed by atoms with van der Waals surface area (Å²) in [5.41, 5.74) is 1.76. The van der Waals surface area contributed by atoms with Crippen molar-refractivity contribution in [3.8, 4) is 23.0 Å². The molecule has 0 radical (unpaired) electrons. The second kappa shape index (κ2) is 6.64. The number of hydrogen-bond acceptors (Lipinski definition) is 6. The molecule has 0 saturated heterocycles. The van der Waals surface area contributed by atoms with Crippen LogP contribution in [0, 0.1) is 0 Å². The van der Waals surface area contributed by atoms with Crippen molar-refractivity contribution in [1.29, 1.82) is 0 Å². The molecule has 2 aromatic carbocycles. The van der Waals surface area contributed by atoms with Gasteiger partial charge in [0, 0.05) is 11.6 Å². The average Bonchev–Trinajstić information content (AvgIpc) is 3.27. The average molecular weight is 341 g/mol. The summed E-state index contributed by atoms with van der Waals surface area (Å²) in [6.45, 7) is 2.80. The molecule has 2 aromatic rings. The molecular weight excluding hydrogens is 322 g/mol. The highest BCUT2D eigenvalue weighted by Gasteiger charge is 2.17. The first-order valence-corrected chi connectivity index (χ1v) is 8.24. The summed E-state index contributed by atoms with van der Waals surface area (Å²) in [6, 6.07) is 11.3. The number of hydrogen-bond donors (Lipinski definition) is 1. The van der Waals surface area contributed by atoms with Crippen LogP contribution < -0.4 is 24.3 Å². The van der Waals surface area contributed by atoms with E-state index in [1.165, 1.54) is 0 Å². The lowest BCUT2D eigenvalue weighted by Crippen LogP contribution is -2.33. The highest BCUT2D eigenvalue weighted by Crippen LogP contribution is 2.33. The molecule has 1 atom stereocenters. The minimum atomic E-state index is 0.0239. The molecule has 2 heterocycles. The highest BCUT2D eigenvalue weighted by molar-refractivity contribution is 5.98. The molecule has 2 aliphatic rings. The van der Waals surface area contributed by atoms with Crippen molar-refractivity contribution in [3.63, 3.8) is 0 Å². The van der Waals surface area contributed by atoms with Crippen LogP contribution in [0.15, 0.2) is 36.4 Å². The number of ketones is 1. The lowest BCUT2D eigenvalue weighted by molar-refractivity contribution is 0.0987. The van der Waals surface area contributed by atoms with Gasteiger partial charge < -0.3 is 24.3 Å². The van der Waals surface area contributed by atoms with E-state index in [1.54, 1.807) is 18.2 Å². The molecule has 2 aliphatic heterocycles. The quantitative estimate of drug-likeness (QED) is 0.815. The predicted molar refractivity (Wildman–Crippen MR) is 90.6 cm³/mol. The minimum Gasteiger partial charge on any atom is -0.454 e. The molecule has 0 fully saturated rings. The maximum absolute atomic E-state index is 12.4. The maximum Gasteiger partial charge on any atom is 0.231 e. The van der Waals surface area contributed by atoms with Gasteiger partial charge in [-0.1, -0.05) is 6.07 Å². The fourth-order valence-corrected chi connectivity index (χ4v) is 2.93. The zero-order valence-corrected chi connectivity index (χ0v) is 13.9. The SMILES string of the molecule is CC(Cc1ccc2c(c1)OCO2)NCC(=O)c1ccc2c(c1)OCO2. The number of carbonyl (C=O) groups is 1. The summed E-state index contributed by atoms with van der Waals surface area (Å²) < 4.78 is 21.3. The molecule has 4 rings (SSSR count). The van der Waals surface area contributed by atoms with E-state index in [-0.39, 0.29) is 32.0 Å². The second-order valence-corrected chi connectivity index (χ2v) is 6.16. The minimum absolute atomic E-state index is 0.0239. The summed E-state index contributed by atoms with van der Waals surface area (Å²) >= 11 is 0. The Labute approximate surface area is 145 Å². The Balaban J connectivity index is 1.32. The molecule has 0 aromatic heterocycles. The van der Waals surface area contributed by atoms with Gasteiger partial charge in [-0.3, -0.25) is 4.79 Å². The fourth-order valence-electron chi connectivity index (χ4n) is 2.93. The molecule has 0 amide bonds. The number of carbonyl (C=O) groups excluding carboxylic acids is 1. The number of fused-ring (bicyclic) bond motifs is 2. The van der Waals surface area contributed by atoms with Crippen molar-refractivity contribution in [2.24, 2.45) is 0 Å². The van der Waals surface area contributed by atoms with Gasteiger partial charge in [-0.2, -0.15) is 0 Å². The third-order valence-electron chi connectivity index (χ3n) is 4.28. The zero-order valence-electron chi connectivity index (χ0n) is 13.9. The van der Waals surface area contributed by atoms with E-state index in [9.17, 15) is 4.79 Å². The van der Waals surface area contributed by atoms with Gasteiger partial charge >= 0.3 is 0 Å². The van der Waals surface area contributed by atoms with Gasteiger partial charge in [-0.05, 0) is 49.2 Å². The Hall–Kier alpha value is -2.73. The van der Waals surface area contributed by atoms with Crippen LogP contribution in [0.3, 0.4) is 0 Å². The third kappa shape index (κ3) is 3.39. The molecule has 130 valence electrons. The molecule has 6 heteroatoms. The van der Waals surface area contributed by atoms with Gasteiger partial charge in [-0.25, -0.2) is 0 Å². The normalized spacial score (nSPS) is 15.2. The van der Waals surface area contributed by atoms with E-state index in [1.807, 2.05) is 18.2 Å².